The molecule has 2 amide bonds. The number of aromatic nitrogens is 1. The number of thioether (sulfide) groups is 1. The van der Waals surface area contributed by atoms with E-state index in [-0.39, 0.29) is 15.5 Å². The van der Waals surface area contributed by atoms with Crippen LogP contribution in [0.4, 0.5) is 16.2 Å². The predicted octanol–water partition coefficient (Wildman–Crippen LogP) is 3.05. The highest BCUT2D eigenvalue weighted by atomic mass is 32.2. The van der Waals surface area contributed by atoms with Crippen LogP contribution >= 0.6 is 11.8 Å². The summed E-state index contributed by atoms with van der Waals surface area (Å²) in [7, 11) is 1.18. The van der Waals surface area contributed by atoms with Crippen molar-refractivity contribution in [2.75, 3.05) is 44.9 Å². The molecular formula is C23H24N4O7S. The maximum Gasteiger partial charge on any atom is 0.325 e. The number of ether oxygens (including phenoxy) is 2. The van der Waals surface area contributed by atoms with Gasteiger partial charge >= 0.3 is 5.97 Å². The second-order valence-electron chi connectivity index (χ2n) is 8.04. The first-order valence-corrected chi connectivity index (χ1v) is 11.7. The summed E-state index contributed by atoms with van der Waals surface area (Å²) in [6.45, 7) is 5.44. The summed E-state index contributed by atoms with van der Waals surface area (Å²) in [6, 6.07) is 6.95. The fourth-order valence-electron chi connectivity index (χ4n) is 4.17. The van der Waals surface area contributed by atoms with Crippen molar-refractivity contribution in [2.45, 2.75) is 13.8 Å². The summed E-state index contributed by atoms with van der Waals surface area (Å²) >= 11 is 0.749. The number of rotatable bonds is 6. The van der Waals surface area contributed by atoms with Crippen molar-refractivity contribution in [1.29, 1.82) is 0 Å². The monoisotopic (exact) mass is 500 g/mol. The van der Waals surface area contributed by atoms with Crippen LogP contribution < -0.4 is 4.90 Å². The van der Waals surface area contributed by atoms with Gasteiger partial charge in [-0.3, -0.25) is 29.4 Å². The fraction of sp³-hybridized carbons (Fsp3) is 0.348. The first-order chi connectivity index (χ1) is 16.7. The van der Waals surface area contributed by atoms with E-state index >= 15 is 0 Å². The average molecular weight is 501 g/mol. The lowest BCUT2D eigenvalue weighted by Crippen LogP contribution is -2.36. The van der Waals surface area contributed by atoms with Crippen molar-refractivity contribution in [3.05, 3.63) is 56.2 Å². The van der Waals surface area contributed by atoms with Crippen LogP contribution in [-0.4, -0.2) is 71.5 Å². The SMILES string of the molecule is COC(=O)CN1C(=O)S/C(=C\c2cc(C)n(-c3ccc(N4CCOCC4)c([N+](=O)[O-])c3)c2C)C1=O. The molecule has 0 aliphatic carbocycles. The minimum Gasteiger partial charge on any atom is -0.468 e. The van der Waals surface area contributed by atoms with Gasteiger partial charge in [0, 0.05) is 30.5 Å². The summed E-state index contributed by atoms with van der Waals surface area (Å²) < 4.78 is 11.8. The first kappa shape index (κ1) is 24.5. The molecule has 35 heavy (non-hydrogen) atoms. The van der Waals surface area contributed by atoms with E-state index in [4.69, 9.17) is 4.74 Å². The van der Waals surface area contributed by atoms with Crippen LogP contribution in [-0.2, 0) is 19.1 Å². The molecule has 2 aromatic rings. The lowest BCUT2D eigenvalue weighted by atomic mass is 10.2. The van der Waals surface area contributed by atoms with Crippen LogP contribution in [0.5, 0.6) is 0 Å². The number of esters is 1. The Labute approximate surface area is 205 Å². The van der Waals surface area contributed by atoms with E-state index in [1.165, 1.54) is 7.11 Å². The molecule has 2 saturated heterocycles. The summed E-state index contributed by atoms with van der Waals surface area (Å²) in [5.41, 5.74) is 3.39. The number of nitro groups is 1. The number of amides is 2. The van der Waals surface area contributed by atoms with Gasteiger partial charge in [-0.05, 0) is 55.4 Å². The van der Waals surface area contributed by atoms with Gasteiger partial charge in [-0.25, -0.2) is 0 Å². The van der Waals surface area contributed by atoms with Crippen LogP contribution in [0.25, 0.3) is 11.8 Å². The van der Waals surface area contributed by atoms with Crippen molar-refractivity contribution in [3.8, 4) is 5.69 Å². The zero-order valence-corrected chi connectivity index (χ0v) is 20.3. The molecule has 3 heterocycles. The van der Waals surface area contributed by atoms with Gasteiger partial charge in [0.2, 0.25) is 0 Å². The molecule has 2 aliphatic rings. The highest BCUT2D eigenvalue weighted by Gasteiger charge is 2.36. The van der Waals surface area contributed by atoms with Gasteiger partial charge in [0.05, 0.1) is 35.8 Å². The van der Waals surface area contributed by atoms with Crippen LogP contribution in [0.3, 0.4) is 0 Å². The third-order valence-electron chi connectivity index (χ3n) is 5.91. The molecular weight excluding hydrogens is 476 g/mol. The van der Waals surface area contributed by atoms with Crippen molar-refractivity contribution in [2.24, 2.45) is 0 Å². The molecule has 0 N–H and O–H groups in total. The molecule has 0 atom stereocenters. The van der Waals surface area contributed by atoms with Crippen LogP contribution in [0, 0.1) is 24.0 Å². The Hall–Kier alpha value is -3.64. The van der Waals surface area contributed by atoms with Gasteiger partial charge in [0.15, 0.2) is 0 Å². The number of morpholine rings is 1. The number of carbonyl (C=O) groups is 3. The van der Waals surface area contributed by atoms with Crippen LogP contribution in [0.2, 0.25) is 0 Å². The van der Waals surface area contributed by atoms with Crippen molar-refractivity contribution >= 4 is 46.3 Å². The Kier molecular flexibility index (Phi) is 6.94. The van der Waals surface area contributed by atoms with E-state index in [0.717, 1.165) is 28.0 Å². The molecule has 0 bridgehead atoms. The number of nitro benzene ring substituents is 1. The number of aryl methyl sites for hydroxylation is 1. The van der Waals surface area contributed by atoms with Gasteiger partial charge in [0.1, 0.15) is 12.2 Å². The lowest BCUT2D eigenvalue weighted by Gasteiger charge is -2.28. The van der Waals surface area contributed by atoms with E-state index < -0.39 is 23.7 Å². The largest absolute Gasteiger partial charge is 0.468 e. The molecule has 184 valence electrons. The van der Waals surface area contributed by atoms with Crippen molar-refractivity contribution in [1.82, 2.24) is 9.47 Å². The average Bonchev–Trinajstić information content (AvgIpc) is 3.27. The zero-order chi connectivity index (χ0) is 25.3. The maximum absolute atomic E-state index is 12.7. The van der Waals surface area contributed by atoms with Gasteiger partial charge in [-0.15, -0.1) is 0 Å². The topological polar surface area (TPSA) is 124 Å². The Balaban J connectivity index is 1.67. The standard InChI is InChI=1S/C23H24N4O7S/c1-14-10-16(11-20-22(29)25(23(30)35-20)13-21(28)33-3)15(2)26(14)17-4-5-18(19(12-17)27(31)32)24-6-8-34-9-7-24/h4-5,10-12H,6-9,13H2,1-3H3/b20-11-. The Bertz CT molecular complexity index is 1250. The Morgan fingerprint density at radius 2 is 1.94 bits per heavy atom. The number of carbonyl (C=O) groups excluding carboxylic acids is 3. The molecule has 0 saturated carbocycles. The quantitative estimate of drug-likeness (QED) is 0.255. The van der Waals surface area contributed by atoms with Gasteiger partial charge in [-0.2, -0.15) is 0 Å². The normalized spacial score (nSPS) is 17.4. The van der Waals surface area contributed by atoms with Crippen LogP contribution in [0.1, 0.15) is 17.0 Å². The number of nitrogens with zero attached hydrogens (tertiary/aromatic N) is 4. The predicted molar refractivity (Wildman–Crippen MR) is 130 cm³/mol. The molecule has 11 nitrogen and oxygen atoms in total. The van der Waals surface area contributed by atoms with E-state index in [2.05, 4.69) is 4.74 Å². The highest BCUT2D eigenvalue weighted by Crippen LogP contribution is 2.35. The smallest absolute Gasteiger partial charge is 0.325 e. The second-order valence-corrected chi connectivity index (χ2v) is 9.03. The molecule has 0 unspecified atom stereocenters. The fourth-order valence-corrected chi connectivity index (χ4v) is 5.00. The molecule has 1 aromatic heterocycles. The van der Waals surface area contributed by atoms with Crippen molar-refractivity contribution < 1.29 is 28.8 Å². The van der Waals surface area contributed by atoms with Crippen molar-refractivity contribution in [3.63, 3.8) is 0 Å². The summed E-state index contributed by atoms with van der Waals surface area (Å²) in [6.07, 6.45) is 1.59. The number of hydrogen-bond donors (Lipinski definition) is 0. The molecule has 1 aromatic carbocycles. The zero-order valence-electron chi connectivity index (χ0n) is 19.5. The van der Waals surface area contributed by atoms with E-state index in [1.54, 1.807) is 18.2 Å². The Morgan fingerprint density at radius 1 is 1.23 bits per heavy atom. The second kappa shape index (κ2) is 9.92. The van der Waals surface area contributed by atoms with E-state index in [1.807, 2.05) is 35.4 Å². The van der Waals surface area contributed by atoms with Gasteiger partial charge < -0.3 is 18.9 Å². The summed E-state index contributed by atoms with van der Waals surface area (Å²) in [5, 5.41) is 11.3. The maximum atomic E-state index is 12.7. The van der Waals surface area contributed by atoms with Gasteiger partial charge in [0.25, 0.3) is 16.8 Å². The number of anilines is 1. The molecule has 0 spiro atoms. The van der Waals surface area contributed by atoms with E-state index in [9.17, 15) is 24.5 Å². The highest BCUT2D eigenvalue weighted by molar-refractivity contribution is 8.18. The molecule has 2 aliphatic heterocycles. The third-order valence-corrected chi connectivity index (χ3v) is 6.82. The number of hydrogen-bond acceptors (Lipinski definition) is 9. The summed E-state index contributed by atoms with van der Waals surface area (Å²) in [5.74, 6) is -1.26. The number of methoxy groups -OCH3 is 1. The molecule has 2 fully saturated rings. The minimum atomic E-state index is -0.686. The van der Waals surface area contributed by atoms with Crippen LogP contribution in [0.15, 0.2) is 29.2 Å². The van der Waals surface area contributed by atoms with Gasteiger partial charge in [-0.1, -0.05) is 0 Å². The molecule has 12 heteroatoms. The summed E-state index contributed by atoms with van der Waals surface area (Å²) in [4.78, 5) is 50.9. The molecule has 4 rings (SSSR count). The van der Waals surface area contributed by atoms with E-state index in [0.29, 0.717) is 43.2 Å². The first-order valence-electron chi connectivity index (χ1n) is 10.8. The Morgan fingerprint density at radius 3 is 2.60 bits per heavy atom. The molecule has 0 radical (unpaired) electrons. The number of imide groups is 1. The minimum absolute atomic E-state index is 0.00220. The third kappa shape index (κ3) is 4.80. The lowest BCUT2D eigenvalue weighted by molar-refractivity contribution is -0.384. The number of benzene rings is 1.